The van der Waals surface area contributed by atoms with Crippen LogP contribution < -0.4 is 10.0 Å². The van der Waals surface area contributed by atoms with Gasteiger partial charge in [-0.25, -0.2) is 13.4 Å². The Morgan fingerprint density at radius 1 is 1.21 bits per heavy atom. The fourth-order valence-corrected chi connectivity index (χ4v) is 3.87. The van der Waals surface area contributed by atoms with E-state index in [-0.39, 0.29) is 22.9 Å². The molecule has 144 valence electrons. The lowest BCUT2D eigenvalue weighted by Crippen LogP contribution is -2.28. The van der Waals surface area contributed by atoms with Crippen LogP contribution in [0.3, 0.4) is 0 Å². The van der Waals surface area contributed by atoms with Crippen molar-refractivity contribution in [2.75, 3.05) is 13.1 Å². The summed E-state index contributed by atoms with van der Waals surface area (Å²) < 4.78 is 28.6. The first-order valence-electron chi connectivity index (χ1n) is 8.65. The molecule has 7 nitrogen and oxygen atoms in total. The lowest BCUT2D eigenvalue weighted by Gasteiger charge is -2.10. The molecule has 8 heteroatoms. The molecule has 0 radical (unpaired) electrons. The molecule has 0 aliphatic rings. The number of benzene rings is 2. The van der Waals surface area contributed by atoms with Crippen molar-refractivity contribution in [1.82, 2.24) is 19.6 Å². The summed E-state index contributed by atoms with van der Waals surface area (Å²) in [5, 5.41) is 2.82. The van der Waals surface area contributed by atoms with Crippen LogP contribution in [-0.4, -0.2) is 37.0 Å². The molecule has 0 saturated carbocycles. The number of terminal acetylenes is 1. The second kappa shape index (κ2) is 8.25. The third kappa shape index (κ3) is 4.22. The van der Waals surface area contributed by atoms with Crippen molar-refractivity contribution >= 4 is 27.0 Å². The smallest absolute Gasteiger partial charge is 0.251 e. The van der Waals surface area contributed by atoms with E-state index in [1.807, 2.05) is 35.8 Å². The van der Waals surface area contributed by atoms with E-state index in [0.29, 0.717) is 13.1 Å². The SMILES string of the molecule is C#CCNS(=O)(=O)c1cccc(C(=O)NCCn2c(C)nc3ccccc32)c1. The Hall–Kier alpha value is -3.15. The number of amides is 1. The summed E-state index contributed by atoms with van der Waals surface area (Å²) in [4.78, 5) is 16.9. The topological polar surface area (TPSA) is 93.1 Å². The van der Waals surface area contributed by atoms with Crippen LogP contribution >= 0.6 is 0 Å². The molecule has 0 aliphatic heterocycles. The van der Waals surface area contributed by atoms with Crippen LogP contribution in [0.4, 0.5) is 0 Å². The molecule has 28 heavy (non-hydrogen) atoms. The van der Waals surface area contributed by atoms with E-state index in [1.54, 1.807) is 6.07 Å². The summed E-state index contributed by atoms with van der Waals surface area (Å²) in [5.41, 5.74) is 2.17. The molecule has 0 atom stereocenters. The summed E-state index contributed by atoms with van der Waals surface area (Å²) in [6, 6.07) is 13.6. The molecule has 0 aliphatic carbocycles. The molecule has 0 fully saturated rings. The van der Waals surface area contributed by atoms with Gasteiger partial charge in [-0.15, -0.1) is 6.42 Å². The number of aryl methyl sites for hydroxylation is 1. The van der Waals surface area contributed by atoms with E-state index >= 15 is 0 Å². The van der Waals surface area contributed by atoms with Crippen molar-refractivity contribution in [3.63, 3.8) is 0 Å². The number of hydrogen-bond donors (Lipinski definition) is 2. The van der Waals surface area contributed by atoms with Crippen LogP contribution in [0.5, 0.6) is 0 Å². The van der Waals surface area contributed by atoms with E-state index in [0.717, 1.165) is 16.9 Å². The van der Waals surface area contributed by atoms with E-state index in [1.165, 1.54) is 18.2 Å². The second-order valence-electron chi connectivity index (χ2n) is 6.11. The molecule has 0 saturated heterocycles. The zero-order chi connectivity index (χ0) is 20.1. The fourth-order valence-electron chi connectivity index (χ4n) is 2.89. The first-order valence-corrected chi connectivity index (χ1v) is 10.1. The fraction of sp³-hybridized carbons (Fsp3) is 0.200. The lowest BCUT2D eigenvalue weighted by atomic mass is 10.2. The third-order valence-corrected chi connectivity index (χ3v) is 5.64. The van der Waals surface area contributed by atoms with Gasteiger partial charge in [0, 0.05) is 18.7 Å². The highest BCUT2D eigenvalue weighted by molar-refractivity contribution is 7.89. The summed E-state index contributed by atoms with van der Waals surface area (Å²) >= 11 is 0. The maximum atomic E-state index is 12.4. The zero-order valence-electron chi connectivity index (χ0n) is 15.3. The number of aromatic nitrogens is 2. The molecule has 0 spiro atoms. The molecular formula is C20H20N4O3S. The average molecular weight is 396 g/mol. The van der Waals surface area contributed by atoms with Gasteiger partial charge in [-0.05, 0) is 37.3 Å². The van der Waals surface area contributed by atoms with Crippen LogP contribution in [0.1, 0.15) is 16.2 Å². The zero-order valence-corrected chi connectivity index (χ0v) is 16.2. The van der Waals surface area contributed by atoms with E-state index in [4.69, 9.17) is 6.42 Å². The first-order chi connectivity index (χ1) is 13.4. The van der Waals surface area contributed by atoms with E-state index in [2.05, 4.69) is 20.9 Å². The van der Waals surface area contributed by atoms with Crippen LogP contribution in [0.2, 0.25) is 0 Å². The second-order valence-corrected chi connectivity index (χ2v) is 7.88. The largest absolute Gasteiger partial charge is 0.350 e. The number of rotatable bonds is 7. The molecular weight excluding hydrogens is 376 g/mol. The normalized spacial score (nSPS) is 11.3. The van der Waals surface area contributed by atoms with Gasteiger partial charge < -0.3 is 9.88 Å². The predicted molar refractivity (Wildman–Crippen MR) is 107 cm³/mol. The Morgan fingerprint density at radius 2 is 2.00 bits per heavy atom. The molecule has 0 unspecified atom stereocenters. The molecule has 1 amide bonds. The van der Waals surface area contributed by atoms with Crippen molar-refractivity contribution in [3.05, 3.63) is 59.9 Å². The van der Waals surface area contributed by atoms with Crippen molar-refractivity contribution in [3.8, 4) is 12.3 Å². The maximum Gasteiger partial charge on any atom is 0.251 e. The van der Waals surface area contributed by atoms with Crippen molar-refractivity contribution < 1.29 is 13.2 Å². The number of para-hydroxylation sites is 2. The number of carbonyl (C=O) groups is 1. The van der Waals surface area contributed by atoms with Gasteiger partial charge in [-0.1, -0.05) is 24.1 Å². The molecule has 1 aromatic heterocycles. The minimum Gasteiger partial charge on any atom is -0.350 e. The number of nitrogens with one attached hydrogen (secondary N) is 2. The molecule has 3 rings (SSSR count). The molecule has 1 heterocycles. The molecule has 2 aromatic carbocycles. The number of carbonyl (C=O) groups excluding carboxylic acids is 1. The Labute approximate surface area is 163 Å². The summed E-state index contributed by atoms with van der Waals surface area (Å²) in [6.45, 7) is 2.74. The van der Waals surface area contributed by atoms with Gasteiger partial charge in [0.05, 0.1) is 22.5 Å². The Balaban J connectivity index is 1.68. The number of fused-ring (bicyclic) bond motifs is 1. The van der Waals surface area contributed by atoms with Crippen LogP contribution in [-0.2, 0) is 16.6 Å². The monoisotopic (exact) mass is 396 g/mol. The Morgan fingerprint density at radius 3 is 2.79 bits per heavy atom. The summed E-state index contributed by atoms with van der Waals surface area (Å²) in [5.74, 6) is 2.73. The van der Waals surface area contributed by atoms with Gasteiger partial charge >= 0.3 is 0 Å². The quantitative estimate of drug-likeness (QED) is 0.595. The van der Waals surface area contributed by atoms with E-state index in [9.17, 15) is 13.2 Å². The molecule has 2 N–H and O–H groups in total. The Bertz CT molecular complexity index is 1160. The van der Waals surface area contributed by atoms with Crippen molar-refractivity contribution in [2.24, 2.45) is 0 Å². The van der Waals surface area contributed by atoms with Crippen LogP contribution in [0.15, 0.2) is 53.4 Å². The summed E-state index contributed by atoms with van der Waals surface area (Å²) in [7, 11) is -3.75. The Kier molecular flexibility index (Phi) is 5.78. The van der Waals surface area contributed by atoms with Crippen molar-refractivity contribution in [1.29, 1.82) is 0 Å². The maximum absolute atomic E-state index is 12.4. The summed E-state index contributed by atoms with van der Waals surface area (Å²) in [6.07, 6.45) is 5.08. The molecule has 3 aromatic rings. The van der Waals surface area contributed by atoms with Gasteiger partial charge in [-0.2, -0.15) is 4.72 Å². The van der Waals surface area contributed by atoms with Crippen molar-refractivity contribution in [2.45, 2.75) is 18.4 Å². The van der Waals surface area contributed by atoms with Crippen LogP contribution in [0.25, 0.3) is 11.0 Å². The van der Waals surface area contributed by atoms with Gasteiger partial charge in [0.25, 0.3) is 5.91 Å². The van der Waals surface area contributed by atoms with Gasteiger partial charge in [0.2, 0.25) is 10.0 Å². The number of nitrogens with zero attached hydrogens (tertiary/aromatic N) is 2. The number of hydrogen-bond acceptors (Lipinski definition) is 4. The molecule has 0 bridgehead atoms. The van der Waals surface area contributed by atoms with Gasteiger partial charge in [0.1, 0.15) is 5.82 Å². The first kappa shape index (κ1) is 19.6. The number of sulfonamides is 1. The highest BCUT2D eigenvalue weighted by Gasteiger charge is 2.15. The minimum absolute atomic E-state index is 0.00755. The lowest BCUT2D eigenvalue weighted by molar-refractivity contribution is 0.0952. The number of imidazole rings is 1. The van der Waals surface area contributed by atoms with Gasteiger partial charge in [-0.3, -0.25) is 4.79 Å². The average Bonchev–Trinajstić information content (AvgIpc) is 3.02. The van der Waals surface area contributed by atoms with E-state index < -0.39 is 10.0 Å². The third-order valence-electron chi connectivity index (χ3n) is 4.24. The van der Waals surface area contributed by atoms with Gasteiger partial charge in [0.15, 0.2) is 0 Å². The predicted octanol–water partition coefficient (Wildman–Crippen LogP) is 1.69. The minimum atomic E-state index is -3.75. The standard InChI is InChI=1S/C20H20N4O3S/c1-3-11-22-28(26,27)17-8-6-7-16(14-17)20(25)21-12-13-24-15(2)23-18-9-4-5-10-19(18)24/h1,4-10,14,22H,11-13H2,2H3,(H,21,25). The highest BCUT2D eigenvalue weighted by atomic mass is 32.2. The highest BCUT2D eigenvalue weighted by Crippen LogP contribution is 2.15. The van der Waals surface area contributed by atoms with Crippen LogP contribution in [0, 0.1) is 19.3 Å².